The Morgan fingerprint density at radius 3 is 2.96 bits per heavy atom. The predicted molar refractivity (Wildman–Crippen MR) is 97.2 cm³/mol. The van der Waals surface area contributed by atoms with Crippen LogP contribution in [0.4, 0.5) is 5.82 Å². The van der Waals surface area contributed by atoms with Gasteiger partial charge in [0.25, 0.3) is 0 Å². The van der Waals surface area contributed by atoms with Crippen molar-refractivity contribution in [2.24, 2.45) is 18.7 Å². The zero-order valence-corrected chi connectivity index (χ0v) is 15.2. The lowest BCUT2D eigenvalue weighted by molar-refractivity contribution is -0.123. The molecule has 3 N–H and O–H groups in total. The highest BCUT2D eigenvalue weighted by Crippen LogP contribution is 2.22. The molecule has 8 heteroatoms. The molecular weight excluding hydrogens is 318 g/mol. The summed E-state index contributed by atoms with van der Waals surface area (Å²) in [6.07, 6.45) is 3.72. The average molecular weight is 345 g/mol. The maximum Gasteiger partial charge on any atom is 0.221 e. The van der Waals surface area contributed by atoms with Crippen LogP contribution in [0.3, 0.4) is 0 Å². The first-order valence-electron chi connectivity index (χ1n) is 8.91. The summed E-state index contributed by atoms with van der Waals surface area (Å²) >= 11 is 0. The van der Waals surface area contributed by atoms with Gasteiger partial charge in [-0.15, -0.1) is 0 Å². The molecule has 2 aromatic heterocycles. The summed E-state index contributed by atoms with van der Waals surface area (Å²) in [7, 11) is 1.89. The second-order valence-corrected chi connectivity index (χ2v) is 7.06. The number of nitrogens with one attached hydrogen (secondary N) is 1. The largest absolute Gasteiger partial charge is 0.369 e. The molecule has 3 rings (SSSR count). The lowest BCUT2D eigenvalue weighted by Crippen LogP contribution is -2.42. The normalized spacial score (nSPS) is 18.8. The minimum atomic E-state index is -0.188. The molecule has 1 aliphatic heterocycles. The molecule has 1 amide bonds. The number of carbonyl (C=O) groups is 1. The van der Waals surface area contributed by atoms with E-state index in [1.807, 2.05) is 7.05 Å². The van der Waals surface area contributed by atoms with Crippen molar-refractivity contribution in [3.8, 4) is 0 Å². The molecule has 136 valence electrons. The molecule has 0 bridgehead atoms. The molecule has 2 aromatic rings. The monoisotopic (exact) mass is 345 g/mol. The van der Waals surface area contributed by atoms with Crippen LogP contribution < -0.4 is 11.1 Å². The maximum absolute atomic E-state index is 11.4. The molecule has 1 aliphatic rings. The molecule has 0 spiro atoms. The Morgan fingerprint density at radius 1 is 1.44 bits per heavy atom. The summed E-state index contributed by atoms with van der Waals surface area (Å²) in [5.74, 6) is 1.67. The van der Waals surface area contributed by atoms with E-state index in [0.29, 0.717) is 0 Å². The van der Waals surface area contributed by atoms with Gasteiger partial charge >= 0.3 is 0 Å². The third kappa shape index (κ3) is 3.89. The first-order valence-corrected chi connectivity index (χ1v) is 8.91. The number of piperidine rings is 1. The zero-order valence-electron chi connectivity index (χ0n) is 15.2. The summed E-state index contributed by atoms with van der Waals surface area (Å²) in [5, 5.41) is 8.65. The van der Waals surface area contributed by atoms with Gasteiger partial charge in [-0.05, 0) is 19.4 Å². The second kappa shape index (κ2) is 7.35. The van der Waals surface area contributed by atoms with Crippen molar-refractivity contribution in [3.63, 3.8) is 0 Å². The van der Waals surface area contributed by atoms with Gasteiger partial charge < -0.3 is 16.0 Å². The van der Waals surface area contributed by atoms with E-state index in [1.54, 1.807) is 10.9 Å². The molecule has 8 nitrogen and oxygen atoms in total. The number of carbonyl (C=O) groups excluding carboxylic acids is 1. The predicted octanol–water partition coefficient (Wildman–Crippen LogP) is 1.10. The number of likely N-dealkylation sites (tertiary alicyclic amines) is 1. The molecule has 25 heavy (non-hydrogen) atoms. The van der Waals surface area contributed by atoms with Crippen molar-refractivity contribution in [1.29, 1.82) is 0 Å². The van der Waals surface area contributed by atoms with Crippen molar-refractivity contribution in [3.05, 3.63) is 12.0 Å². The van der Waals surface area contributed by atoms with Crippen molar-refractivity contribution in [1.82, 2.24) is 24.6 Å². The van der Waals surface area contributed by atoms with Crippen LogP contribution in [0.2, 0.25) is 0 Å². The minimum absolute atomic E-state index is 0.0228. The van der Waals surface area contributed by atoms with E-state index < -0.39 is 0 Å². The highest BCUT2D eigenvalue weighted by atomic mass is 16.1. The number of fused-ring (bicyclic) bond motifs is 1. The van der Waals surface area contributed by atoms with E-state index in [2.05, 4.69) is 39.1 Å². The van der Waals surface area contributed by atoms with E-state index >= 15 is 0 Å². The fourth-order valence-corrected chi connectivity index (χ4v) is 3.26. The second-order valence-electron chi connectivity index (χ2n) is 7.06. The summed E-state index contributed by atoms with van der Waals surface area (Å²) in [4.78, 5) is 23.0. The lowest BCUT2D eigenvalue weighted by atomic mass is 9.97. The number of hydrogen-bond acceptors (Lipinski definition) is 6. The number of nitrogens with zero attached hydrogens (tertiary/aromatic N) is 5. The smallest absolute Gasteiger partial charge is 0.221 e. The van der Waals surface area contributed by atoms with E-state index in [9.17, 15) is 4.79 Å². The van der Waals surface area contributed by atoms with Crippen LogP contribution in [0, 0.1) is 5.92 Å². The molecule has 0 saturated carbocycles. The van der Waals surface area contributed by atoms with Crippen LogP contribution in [-0.4, -0.2) is 56.7 Å². The van der Waals surface area contributed by atoms with E-state index in [1.165, 1.54) is 0 Å². The van der Waals surface area contributed by atoms with Crippen LogP contribution in [0.5, 0.6) is 0 Å². The van der Waals surface area contributed by atoms with Crippen molar-refractivity contribution in [2.45, 2.75) is 32.6 Å². The van der Waals surface area contributed by atoms with E-state index in [4.69, 9.17) is 5.73 Å². The van der Waals surface area contributed by atoms with Gasteiger partial charge in [0.15, 0.2) is 5.65 Å². The summed E-state index contributed by atoms with van der Waals surface area (Å²) in [6.45, 7) is 7.53. The van der Waals surface area contributed by atoms with Crippen LogP contribution >= 0.6 is 0 Å². The topological polar surface area (TPSA) is 102 Å². The Balaban J connectivity index is 1.67. The number of rotatable bonds is 6. The number of nitrogens with two attached hydrogens (primary N) is 1. The van der Waals surface area contributed by atoms with Gasteiger partial charge in [-0.3, -0.25) is 9.48 Å². The number of aromatic nitrogens is 4. The SMILES string of the molecule is CC(C)c1nc(NCCN2CCCC(C(N)=O)C2)c2cnn(C)c2n1. The summed E-state index contributed by atoms with van der Waals surface area (Å²) in [5.41, 5.74) is 6.29. The van der Waals surface area contributed by atoms with Gasteiger partial charge in [0.05, 0.1) is 17.5 Å². The third-order valence-electron chi connectivity index (χ3n) is 4.75. The molecular formula is C17H27N7O. The van der Waals surface area contributed by atoms with Crippen LogP contribution in [0.1, 0.15) is 38.4 Å². The Bertz CT molecular complexity index is 755. The van der Waals surface area contributed by atoms with Crippen molar-refractivity contribution >= 4 is 22.8 Å². The molecule has 1 unspecified atom stereocenters. The zero-order chi connectivity index (χ0) is 18.0. The first-order chi connectivity index (χ1) is 12.0. The van der Waals surface area contributed by atoms with Crippen molar-refractivity contribution < 1.29 is 4.79 Å². The highest BCUT2D eigenvalue weighted by molar-refractivity contribution is 5.86. The van der Waals surface area contributed by atoms with Gasteiger partial charge in [-0.1, -0.05) is 13.8 Å². The minimum Gasteiger partial charge on any atom is -0.369 e. The lowest BCUT2D eigenvalue weighted by Gasteiger charge is -2.31. The number of amides is 1. The molecule has 0 radical (unpaired) electrons. The number of primary amides is 1. The van der Waals surface area contributed by atoms with Crippen LogP contribution in [-0.2, 0) is 11.8 Å². The van der Waals surface area contributed by atoms with Gasteiger partial charge in [-0.2, -0.15) is 5.10 Å². The molecule has 1 atom stereocenters. The first kappa shape index (κ1) is 17.6. The van der Waals surface area contributed by atoms with Gasteiger partial charge in [0.1, 0.15) is 11.6 Å². The quantitative estimate of drug-likeness (QED) is 0.813. The third-order valence-corrected chi connectivity index (χ3v) is 4.75. The highest BCUT2D eigenvalue weighted by Gasteiger charge is 2.23. The molecule has 0 aromatic carbocycles. The number of hydrogen-bond donors (Lipinski definition) is 2. The Hall–Kier alpha value is -2.22. The average Bonchev–Trinajstić information content (AvgIpc) is 2.96. The number of anilines is 1. The Morgan fingerprint density at radius 2 is 2.24 bits per heavy atom. The van der Waals surface area contributed by atoms with Gasteiger partial charge in [-0.25, -0.2) is 9.97 Å². The summed E-state index contributed by atoms with van der Waals surface area (Å²) < 4.78 is 1.77. The fraction of sp³-hybridized carbons (Fsp3) is 0.647. The van der Waals surface area contributed by atoms with E-state index in [-0.39, 0.29) is 17.7 Å². The van der Waals surface area contributed by atoms with E-state index in [0.717, 1.165) is 61.7 Å². The molecule has 1 saturated heterocycles. The molecule has 0 aliphatic carbocycles. The summed E-state index contributed by atoms with van der Waals surface area (Å²) in [6, 6.07) is 0. The van der Waals surface area contributed by atoms with Gasteiger partial charge in [0.2, 0.25) is 5.91 Å². The molecule has 1 fully saturated rings. The fourth-order valence-electron chi connectivity index (χ4n) is 3.26. The maximum atomic E-state index is 11.4. The van der Waals surface area contributed by atoms with Crippen molar-refractivity contribution in [2.75, 3.05) is 31.5 Å². The Kier molecular flexibility index (Phi) is 5.17. The Labute approximate surface area is 147 Å². The number of aryl methyl sites for hydroxylation is 1. The van der Waals surface area contributed by atoms with Crippen LogP contribution in [0.15, 0.2) is 6.20 Å². The van der Waals surface area contributed by atoms with Crippen LogP contribution in [0.25, 0.3) is 11.0 Å². The molecule has 3 heterocycles. The van der Waals surface area contributed by atoms with Gasteiger partial charge in [0, 0.05) is 32.6 Å². The standard InChI is InChI=1S/C17H27N7O/c1-11(2)15-21-16(13-9-20-23(3)17(13)22-15)19-6-8-24-7-4-5-12(10-24)14(18)25/h9,11-12H,4-8,10H2,1-3H3,(H2,18,25)(H,19,21,22).